The minimum Gasteiger partial charge on any atom is -0.333 e. The minimum atomic E-state index is 0.00326. The maximum absolute atomic E-state index is 12.2. The normalized spacial score (nSPS) is 34.6. The summed E-state index contributed by atoms with van der Waals surface area (Å²) in [7, 11) is 0. The Hall–Kier alpha value is -0.560. The highest BCUT2D eigenvalue weighted by atomic mass is 127. The molecule has 1 N–H and O–H groups in total. The van der Waals surface area contributed by atoms with Crippen molar-refractivity contribution in [2.75, 3.05) is 13.1 Å². The van der Waals surface area contributed by atoms with Crippen LogP contribution in [0.5, 0.6) is 0 Å². The molecule has 5 heteroatoms. The van der Waals surface area contributed by atoms with E-state index in [1.54, 1.807) is 4.57 Å². The summed E-state index contributed by atoms with van der Waals surface area (Å²) >= 11 is 2.22. The first-order valence-corrected chi connectivity index (χ1v) is 7.61. The Bertz CT molecular complexity index is 449. The van der Waals surface area contributed by atoms with Crippen LogP contribution in [0.1, 0.15) is 19.8 Å². The molecule has 1 aromatic heterocycles. The van der Waals surface area contributed by atoms with Gasteiger partial charge in [0.15, 0.2) is 0 Å². The first kappa shape index (κ1) is 12.5. The molecule has 3 fully saturated rings. The number of nitrogens with one attached hydrogen (secondary N) is 1. The molecule has 3 aliphatic rings. The number of piperidine rings is 3. The van der Waals surface area contributed by atoms with Crippen molar-refractivity contribution in [1.82, 2.24) is 14.8 Å². The molecule has 2 atom stereocenters. The number of nitrogens with zero attached hydrogens (tertiary/aromatic N) is 2. The van der Waals surface area contributed by atoms with Gasteiger partial charge in [0.2, 0.25) is 0 Å². The highest BCUT2D eigenvalue weighted by Crippen LogP contribution is 2.32. The monoisotopic (exact) mass is 359 g/mol. The van der Waals surface area contributed by atoms with E-state index >= 15 is 0 Å². The number of rotatable bonds is 1. The van der Waals surface area contributed by atoms with Crippen molar-refractivity contribution in [3.05, 3.63) is 22.0 Å². The highest BCUT2D eigenvalue weighted by Gasteiger charge is 2.40. The van der Waals surface area contributed by atoms with Gasteiger partial charge in [0.25, 0.3) is 0 Å². The summed E-state index contributed by atoms with van der Waals surface area (Å²) in [6.45, 7) is 4.62. The molecule has 0 unspecified atom stereocenters. The van der Waals surface area contributed by atoms with Gasteiger partial charge in [0.1, 0.15) is 0 Å². The van der Waals surface area contributed by atoms with Gasteiger partial charge in [0, 0.05) is 28.0 Å². The number of fused-ring (bicyclic) bond motifs is 3. The Morgan fingerprint density at radius 1 is 1.44 bits per heavy atom. The fraction of sp³-hybridized carbons (Fsp3) is 0.615. The van der Waals surface area contributed by atoms with E-state index in [1.807, 2.05) is 18.5 Å². The molecule has 3 saturated heterocycles. The van der Waals surface area contributed by atoms with Gasteiger partial charge in [-0.15, -0.1) is 0 Å². The van der Waals surface area contributed by atoms with Crippen molar-refractivity contribution in [2.45, 2.75) is 31.8 Å². The fourth-order valence-corrected chi connectivity index (χ4v) is 3.72. The lowest BCUT2D eigenvalue weighted by molar-refractivity contribution is 0.0267. The van der Waals surface area contributed by atoms with Crippen molar-refractivity contribution < 1.29 is 4.79 Å². The van der Waals surface area contributed by atoms with Gasteiger partial charge >= 0.3 is 6.03 Å². The number of halogens is 1. The first-order valence-electron chi connectivity index (χ1n) is 6.53. The summed E-state index contributed by atoms with van der Waals surface area (Å²) in [4.78, 5) is 14.7. The van der Waals surface area contributed by atoms with Crippen molar-refractivity contribution in [2.24, 2.45) is 5.92 Å². The summed E-state index contributed by atoms with van der Waals surface area (Å²) < 4.78 is 2.73. The second-order valence-corrected chi connectivity index (χ2v) is 6.57. The maximum atomic E-state index is 12.2. The fourth-order valence-electron chi connectivity index (χ4n) is 3.26. The van der Waals surface area contributed by atoms with Gasteiger partial charge in [-0.2, -0.15) is 0 Å². The van der Waals surface area contributed by atoms with Crippen molar-refractivity contribution in [3.63, 3.8) is 0 Å². The zero-order chi connectivity index (χ0) is 12.7. The number of hydrogen-bond acceptors (Lipinski definition) is 2. The molecule has 4 rings (SSSR count). The second-order valence-electron chi connectivity index (χ2n) is 5.33. The number of hydrogen-bond donors (Lipinski definition) is 1. The average molecular weight is 359 g/mol. The highest BCUT2D eigenvalue weighted by molar-refractivity contribution is 14.1. The van der Waals surface area contributed by atoms with Crippen molar-refractivity contribution in [3.8, 4) is 0 Å². The zero-order valence-corrected chi connectivity index (χ0v) is 12.6. The van der Waals surface area contributed by atoms with E-state index in [1.165, 1.54) is 25.9 Å². The van der Waals surface area contributed by atoms with E-state index in [4.69, 9.17) is 0 Å². The third-order valence-corrected chi connectivity index (χ3v) is 5.00. The van der Waals surface area contributed by atoms with Crippen LogP contribution < -0.4 is 5.32 Å². The number of carbonyl (C=O) groups is 1. The van der Waals surface area contributed by atoms with Crippen LogP contribution in [0, 0.1) is 9.49 Å². The van der Waals surface area contributed by atoms with Gasteiger partial charge in [0.05, 0.1) is 0 Å². The second kappa shape index (κ2) is 4.85. The van der Waals surface area contributed by atoms with E-state index in [-0.39, 0.29) is 6.03 Å². The van der Waals surface area contributed by atoms with Crippen LogP contribution >= 0.6 is 22.6 Å². The summed E-state index contributed by atoms with van der Waals surface area (Å²) in [5, 5.41) is 3.21. The Morgan fingerprint density at radius 3 is 2.72 bits per heavy atom. The van der Waals surface area contributed by atoms with Crippen LogP contribution in [-0.4, -0.2) is 40.7 Å². The topological polar surface area (TPSA) is 37.3 Å². The van der Waals surface area contributed by atoms with Crippen LogP contribution in [0.3, 0.4) is 0 Å². The third-order valence-electron chi connectivity index (χ3n) is 4.36. The van der Waals surface area contributed by atoms with Gasteiger partial charge in [-0.3, -0.25) is 9.47 Å². The maximum Gasteiger partial charge on any atom is 0.325 e. The Kier molecular flexibility index (Phi) is 3.36. The smallest absolute Gasteiger partial charge is 0.325 e. The molecule has 3 aliphatic heterocycles. The Balaban J connectivity index is 1.71. The SMILES string of the molecule is C[C@H]1[C@H](NC(=O)n2ccc(I)c2)C2CCN1CC2. The molecule has 0 spiro atoms. The molecule has 1 aromatic rings. The molecule has 2 bridgehead atoms. The quantitative estimate of drug-likeness (QED) is 0.781. The number of carbonyl (C=O) groups excluding carboxylic acids is 1. The first-order chi connectivity index (χ1) is 8.65. The summed E-state index contributed by atoms with van der Waals surface area (Å²) in [6, 6.07) is 2.72. The van der Waals surface area contributed by atoms with Gasteiger partial charge in [-0.1, -0.05) is 0 Å². The van der Waals surface area contributed by atoms with Crippen LogP contribution in [0.4, 0.5) is 4.79 Å². The van der Waals surface area contributed by atoms with Gasteiger partial charge < -0.3 is 5.32 Å². The van der Waals surface area contributed by atoms with E-state index in [2.05, 4.69) is 39.7 Å². The van der Waals surface area contributed by atoms with Crippen molar-refractivity contribution >= 4 is 28.6 Å². The molecule has 98 valence electrons. The molecule has 0 aromatic carbocycles. The van der Waals surface area contributed by atoms with Crippen LogP contribution in [0.2, 0.25) is 0 Å². The lowest BCUT2D eigenvalue weighted by Crippen LogP contribution is -2.62. The molecule has 0 radical (unpaired) electrons. The molecule has 18 heavy (non-hydrogen) atoms. The predicted molar refractivity (Wildman–Crippen MR) is 78.6 cm³/mol. The number of amides is 1. The average Bonchev–Trinajstić information content (AvgIpc) is 2.81. The summed E-state index contributed by atoms with van der Waals surface area (Å²) in [6.07, 6.45) is 6.13. The lowest BCUT2D eigenvalue weighted by Gasteiger charge is -2.49. The van der Waals surface area contributed by atoms with Crippen molar-refractivity contribution in [1.29, 1.82) is 0 Å². The Labute approximate surface area is 121 Å². The molecule has 0 aliphatic carbocycles. The molecule has 1 amide bonds. The zero-order valence-electron chi connectivity index (χ0n) is 10.5. The van der Waals surface area contributed by atoms with Crippen LogP contribution in [-0.2, 0) is 0 Å². The third kappa shape index (κ3) is 2.18. The summed E-state index contributed by atoms with van der Waals surface area (Å²) in [5.41, 5.74) is 0. The molecule has 0 saturated carbocycles. The number of aromatic nitrogens is 1. The van der Waals surface area contributed by atoms with E-state index in [9.17, 15) is 4.79 Å². The molecule has 4 nitrogen and oxygen atoms in total. The predicted octanol–water partition coefficient (Wildman–Crippen LogP) is 2.13. The van der Waals surface area contributed by atoms with E-state index in [0.717, 1.165) is 3.57 Å². The summed E-state index contributed by atoms with van der Waals surface area (Å²) in [5.74, 6) is 0.656. The van der Waals surface area contributed by atoms with E-state index < -0.39 is 0 Å². The lowest BCUT2D eigenvalue weighted by atomic mass is 9.79. The largest absolute Gasteiger partial charge is 0.333 e. The van der Waals surface area contributed by atoms with Gasteiger partial charge in [-0.25, -0.2) is 4.79 Å². The van der Waals surface area contributed by atoms with Gasteiger partial charge in [-0.05, 0) is 67.4 Å². The molecular weight excluding hydrogens is 341 g/mol. The molecule has 4 heterocycles. The van der Waals surface area contributed by atoms with Crippen LogP contribution in [0.15, 0.2) is 18.5 Å². The minimum absolute atomic E-state index is 0.00326. The van der Waals surface area contributed by atoms with E-state index in [0.29, 0.717) is 18.0 Å². The standard InChI is InChI=1S/C13H18IN3O/c1-9-12(10-2-5-16(9)6-3-10)15-13(18)17-7-4-11(14)8-17/h4,7-10,12H,2-3,5-6H2,1H3,(H,15,18)/t9-,12-/m0/s1. The van der Waals surface area contributed by atoms with Crippen LogP contribution in [0.25, 0.3) is 0 Å². The Morgan fingerprint density at radius 2 is 2.17 bits per heavy atom. The molecular formula is C13H18IN3O.